The van der Waals surface area contributed by atoms with Crippen LogP contribution in [-0.4, -0.2) is 52.8 Å². The van der Waals surface area contributed by atoms with Crippen molar-refractivity contribution in [2.24, 2.45) is 0 Å². The number of hydrogen-bond acceptors (Lipinski definition) is 3. The van der Waals surface area contributed by atoms with Crippen molar-refractivity contribution < 1.29 is 14.4 Å². The molecule has 0 bridgehead atoms. The predicted octanol–water partition coefficient (Wildman–Crippen LogP) is 2.67. The third-order valence-corrected chi connectivity index (χ3v) is 5.41. The highest BCUT2D eigenvalue weighted by molar-refractivity contribution is 6.09. The van der Waals surface area contributed by atoms with E-state index < -0.39 is 11.6 Å². The third kappa shape index (κ3) is 3.73. The molecule has 136 valence electrons. The summed E-state index contributed by atoms with van der Waals surface area (Å²) in [5, 5.41) is 2.86. The maximum Gasteiger partial charge on any atom is 0.325 e. The highest BCUT2D eigenvalue weighted by atomic mass is 16.2. The monoisotopic (exact) mass is 337 g/mol. The number of nitrogens with zero attached hydrogens (tertiary/aromatic N) is 2. The zero-order valence-corrected chi connectivity index (χ0v) is 15.3. The molecular formula is C18H31N3O3. The molecule has 2 fully saturated rings. The minimum absolute atomic E-state index is 0.144. The number of nitrogens with one attached hydrogen (secondary N) is 1. The molecule has 0 aromatic carbocycles. The molecule has 0 radical (unpaired) electrons. The van der Waals surface area contributed by atoms with Crippen LogP contribution in [0.1, 0.15) is 71.6 Å². The summed E-state index contributed by atoms with van der Waals surface area (Å²) < 4.78 is 0. The highest BCUT2D eigenvalue weighted by Gasteiger charge is 2.50. The Bertz CT molecular complexity index is 480. The summed E-state index contributed by atoms with van der Waals surface area (Å²) in [6.45, 7) is 3.86. The molecule has 0 spiro atoms. The molecule has 0 unspecified atom stereocenters. The lowest BCUT2D eigenvalue weighted by Crippen LogP contribution is -2.48. The fraction of sp³-hybridized carbons (Fsp3) is 0.833. The van der Waals surface area contributed by atoms with Gasteiger partial charge in [-0.25, -0.2) is 4.79 Å². The van der Waals surface area contributed by atoms with Gasteiger partial charge < -0.3 is 10.2 Å². The van der Waals surface area contributed by atoms with E-state index in [4.69, 9.17) is 0 Å². The van der Waals surface area contributed by atoms with E-state index in [2.05, 4.69) is 5.32 Å². The van der Waals surface area contributed by atoms with Crippen LogP contribution in [-0.2, 0) is 9.59 Å². The molecular weight excluding hydrogens is 306 g/mol. The Morgan fingerprint density at radius 2 is 1.75 bits per heavy atom. The number of imide groups is 1. The molecule has 0 aromatic heterocycles. The van der Waals surface area contributed by atoms with Gasteiger partial charge in [0, 0.05) is 13.1 Å². The van der Waals surface area contributed by atoms with Crippen LogP contribution in [0, 0.1) is 0 Å². The van der Waals surface area contributed by atoms with Crippen LogP contribution in [0.5, 0.6) is 0 Å². The fourth-order valence-corrected chi connectivity index (χ4v) is 4.06. The molecule has 1 aliphatic heterocycles. The number of carbonyl (C=O) groups is 3. The van der Waals surface area contributed by atoms with Gasteiger partial charge in [0.25, 0.3) is 5.91 Å². The lowest BCUT2D eigenvalue weighted by Gasteiger charge is -2.32. The zero-order valence-electron chi connectivity index (χ0n) is 15.3. The molecule has 1 N–H and O–H groups in total. The van der Waals surface area contributed by atoms with Gasteiger partial charge in [0.2, 0.25) is 5.91 Å². The van der Waals surface area contributed by atoms with Gasteiger partial charge in [0.15, 0.2) is 0 Å². The van der Waals surface area contributed by atoms with Gasteiger partial charge in [-0.15, -0.1) is 0 Å². The molecule has 6 heteroatoms. The van der Waals surface area contributed by atoms with E-state index in [-0.39, 0.29) is 24.4 Å². The van der Waals surface area contributed by atoms with E-state index in [1.54, 1.807) is 11.9 Å². The smallest absolute Gasteiger partial charge is 0.325 e. The quantitative estimate of drug-likeness (QED) is 0.726. The third-order valence-electron chi connectivity index (χ3n) is 5.41. The van der Waals surface area contributed by atoms with E-state index in [1.165, 1.54) is 6.42 Å². The van der Waals surface area contributed by atoms with Crippen LogP contribution >= 0.6 is 0 Å². The van der Waals surface area contributed by atoms with Gasteiger partial charge >= 0.3 is 6.03 Å². The Balaban J connectivity index is 2.04. The number of urea groups is 1. The highest BCUT2D eigenvalue weighted by Crippen LogP contribution is 2.28. The maximum absolute atomic E-state index is 12.8. The lowest BCUT2D eigenvalue weighted by molar-refractivity contribution is -0.140. The molecule has 1 saturated heterocycles. The molecule has 1 aliphatic carbocycles. The van der Waals surface area contributed by atoms with Crippen LogP contribution in [0.4, 0.5) is 4.79 Å². The first-order chi connectivity index (χ1) is 11.4. The van der Waals surface area contributed by atoms with E-state index in [0.29, 0.717) is 12.8 Å². The van der Waals surface area contributed by atoms with Gasteiger partial charge in [0.05, 0.1) is 0 Å². The molecule has 1 saturated carbocycles. The summed E-state index contributed by atoms with van der Waals surface area (Å²) in [6, 6.07) is -0.185. The topological polar surface area (TPSA) is 69.7 Å². The second-order valence-electron chi connectivity index (χ2n) is 7.20. The average Bonchev–Trinajstić information content (AvgIpc) is 2.80. The summed E-state index contributed by atoms with van der Waals surface area (Å²) in [6.07, 6.45) is 8.40. The fourth-order valence-electron chi connectivity index (χ4n) is 4.06. The van der Waals surface area contributed by atoms with E-state index in [0.717, 1.165) is 43.4 Å². The minimum Gasteiger partial charge on any atom is -0.341 e. The number of rotatable bonds is 7. The minimum atomic E-state index is -0.815. The SMILES string of the molecule is CCCC1(CCC)NC(=O)N(CC(=O)N(C)C2CCCCC2)C1=O. The predicted molar refractivity (Wildman–Crippen MR) is 92.4 cm³/mol. The van der Waals surface area contributed by atoms with E-state index in [9.17, 15) is 14.4 Å². The van der Waals surface area contributed by atoms with Crippen molar-refractivity contribution in [3.63, 3.8) is 0 Å². The van der Waals surface area contributed by atoms with Crippen molar-refractivity contribution in [3.8, 4) is 0 Å². The molecule has 6 nitrogen and oxygen atoms in total. The van der Waals surface area contributed by atoms with Crippen molar-refractivity contribution in [1.82, 2.24) is 15.1 Å². The molecule has 0 atom stereocenters. The van der Waals surface area contributed by atoms with Crippen LogP contribution in [0.15, 0.2) is 0 Å². The largest absolute Gasteiger partial charge is 0.341 e. The van der Waals surface area contributed by atoms with E-state index >= 15 is 0 Å². The van der Waals surface area contributed by atoms with Gasteiger partial charge in [-0.3, -0.25) is 14.5 Å². The van der Waals surface area contributed by atoms with Crippen LogP contribution < -0.4 is 5.32 Å². The molecule has 2 rings (SSSR count). The number of amides is 4. The van der Waals surface area contributed by atoms with Gasteiger partial charge in [-0.2, -0.15) is 0 Å². The number of likely N-dealkylation sites (N-methyl/N-ethyl adjacent to an activating group) is 1. The average molecular weight is 337 g/mol. The van der Waals surface area contributed by atoms with Crippen molar-refractivity contribution in [2.75, 3.05) is 13.6 Å². The number of carbonyl (C=O) groups excluding carboxylic acids is 3. The molecule has 1 heterocycles. The molecule has 24 heavy (non-hydrogen) atoms. The van der Waals surface area contributed by atoms with Crippen molar-refractivity contribution >= 4 is 17.8 Å². The van der Waals surface area contributed by atoms with Crippen molar-refractivity contribution in [2.45, 2.75) is 83.2 Å². The van der Waals surface area contributed by atoms with Crippen molar-refractivity contribution in [3.05, 3.63) is 0 Å². The van der Waals surface area contributed by atoms with Crippen molar-refractivity contribution in [1.29, 1.82) is 0 Å². The molecule has 0 aromatic rings. The zero-order chi connectivity index (χ0) is 17.7. The van der Waals surface area contributed by atoms with Crippen LogP contribution in [0.3, 0.4) is 0 Å². The first-order valence-corrected chi connectivity index (χ1v) is 9.35. The normalized spacial score (nSPS) is 21.0. The Labute approximate surface area is 144 Å². The summed E-state index contributed by atoms with van der Waals surface area (Å²) >= 11 is 0. The first-order valence-electron chi connectivity index (χ1n) is 9.35. The standard InChI is InChI=1S/C18H31N3O3/c1-4-11-18(12-5-2)16(23)21(17(24)19-18)13-15(22)20(3)14-9-7-6-8-10-14/h14H,4-13H2,1-3H3,(H,19,24). The maximum atomic E-state index is 12.8. The second-order valence-corrected chi connectivity index (χ2v) is 7.20. The Hall–Kier alpha value is -1.59. The van der Waals surface area contributed by atoms with Gasteiger partial charge in [-0.05, 0) is 25.7 Å². The summed E-state index contributed by atoms with van der Waals surface area (Å²) in [7, 11) is 1.79. The first kappa shape index (κ1) is 18.7. The van der Waals surface area contributed by atoms with Gasteiger partial charge in [-0.1, -0.05) is 46.0 Å². The Morgan fingerprint density at radius 1 is 1.17 bits per heavy atom. The van der Waals surface area contributed by atoms with Crippen LogP contribution in [0.2, 0.25) is 0 Å². The van der Waals surface area contributed by atoms with Gasteiger partial charge in [0.1, 0.15) is 12.1 Å². The summed E-state index contributed by atoms with van der Waals surface area (Å²) in [5.41, 5.74) is -0.815. The molecule has 4 amide bonds. The Morgan fingerprint density at radius 3 is 2.29 bits per heavy atom. The summed E-state index contributed by atoms with van der Waals surface area (Å²) in [5.74, 6) is -0.379. The lowest BCUT2D eigenvalue weighted by atomic mass is 9.88. The number of hydrogen-bond donors (Lipinski definition) is 1. The Kier molecular flexibility index (Phi) is 6.24. The molecule has 2 aliphatic rings. The van der Waals surface area contributed by atoms with E-state index in [1.807, 2.05) is 13.8 Å². The second kappa shape index (κ2) is 7.99. The van der Waals surface area contributed by atoms with Crippen LogP contribution in [0.25, 0.3) is 0 Å². The summed E-state index contributed by atoms with van der Waals surface area (Å²) in [4.78, 5) is 40.6.